The summed E-state index contributed by atoms with van der Waals surface area (Å²) in [5.74, 6) is -0.103. The van der Waals surface area contributed by atoms with Gasteiger partial charge in [-0.2, -0.15) is 0 Å². The first-order valence-electron chi connectivity index (χ1n) is 11.3. The number of rotatable bonds is 19. The van der Waals surface area contributed by atoms with Crippen LogP contribution in [-0.2, 0) is 9.59 Å². The number of nitrogens with one attached hydrogen (secondary N) is 2. The zero-order chi connectivity index (χ0) is 20.0. The van der Waals surface area contributed by atoms with Crippen molar-refractivity contribution in [3.05, 3.63) is 12.2 Å². The van der Waals surface area contributed by atoms with E-state index in [9.17, 15) is 9.59 Å². The summed E-state index contributed by atoms with van der Waals surface area (Å²) in [6.45, 7) is 3.00. The molecule has 0 atom stereocenters. The summed E-state index contributed by atoms with van der Waals surface area (Å²) in [5, 5.41) is 5.41. The predicted molar refractivity (Wildman–Crippen MR) is 116 cm³/mol. The number of hydrogen-bond acceptors (Lipinski definition) is 2. The summed E-state index contributed by atoms with van der Waals surface area (Å²) in [6.07, 6.45) is 23.4. The smallest absolute Gasteiger partial charge is 0.220 e. The second kappa shape index (κ2) is 21.0. The van der Waals surface area contributed by atoms with Crippen molar-refractivity contribution in [3.8, 4) is 0 Å². The van der Waals surface area contributed by atoms with Gasteiger partial charge in [-0.1, -0.05) is 76.9 Å². The Bertz CT molecular complexity index is 381. The molecule has 0 aliphatic carbocycles. The fourth-order valence-corrected chi connectivity index (χ4v) is 3.04. The summed E-state index contributed by atoms with van der Waals surface area (Å²) in [4.78, 5) is 22.6. The first-order valence-corrected chi connectivity index (χ1v) is 11.3. The molecule has 0 unspecified atom stereocenters. The average Bonchev–Trinajstić information content (AvgIpc) is 2.68. The largest absolute Gasteiger partial charge is 0.359 e. The number of unbranched alkanes of at least 4 members (excludes halogenated alkanes) is 12. The Hall–Kier alpha value is -1.32. The van der Waals surface area contributed by atoms with Crippen LogP contribution < -0.4 is 10.6 Å². The molecule has 158 valence electrons. The second-order valence-electron chi connectivity index (χ2n) is 7.46. The molecule has 0 aromatic rings. The van der Waals surface area contributed by atoms with Crippen LogP contribution in [0.5, 0.6) is 0 Å². The molecule has 0 aliphatic heterocycles. The van der Waals surface area contributed by atoms with Crippen molar-refractivity contribution in [3.63, 3.8) is 0 Å². The Morgan fingerprint density at radius 3 is 1.70 bits per heavy atom. The molecule has 0 heterocycles. The van der Waals surface area contributed by atoms with Crippen molar-refractivity contribution in [1.82, 2.24) is 10.6 Å². The molecule has 0 saturated heterocycles. The zero-order valence-corrected chi connectivity index (χ0v) is 18.0. The van der Waals surface area contributed by atoms with Gasteiger partial charge < -0.3 is 10.6 Å². The summed E-state index contributed by atoms with van der Waals surface area (Å²) in [7, 11) is 1.59. The van der Waals surface area contributed by atoms with E-state index >= 15 is 0 Å². The van der Waals surface area contributed by atoms with Gasteiger partial charge in [0.05, 0.1) is 0 Å². The van der Waals surface area contributed by atoms with Crippen LogP contribution in [0.4, 0.5) is 0 Å². The first kappa shape index (κ1) is 25.7. The van der Waals surface area contributed by atoms with Gasteiger partial charge in [0, 0.05) is 26.4 Å². The third-order valence-corrected chi connectivity index (χ3v) is 4.87. The zero-order valence-electron chi connectivity index (χ0n) is 18.0. The van der Waals surface area contributed by atoms with Crippen molar-refractivity contribution in [2.24, 2.45) is 0 Å². The molecule has 4 nitrogen and oxygen atoms in total. The van der Waals surface area contributed by atoms with Gasteiger partial charge in [-0.05, 0) is 32.1 Å². The van der Waals surface area contributed by atoms with Crippen molar-refractivity contribution < 1.29 is 9.59 Å². The van der Waals surface area contributed by atoms with E-state index < -0.39 is 0 Å². The van der Waals surface area contributed by atoms with Gasteiger partial charge in [0.25, 0.3) is 0 Å². The van der Waals surface area contributed by atoms with Crippen molar-refractivity contribution >= 4 is 11.8 Å². The van der Waals surface area contributed by atoms with Crippen molar-refractivity contribution in [2.75, 3.05) is 13.6 Å². The Kier molecular flexibility index (Phi) is 20.0. The summed E-state index contributed by atoms with van der Waals surface area (Å²) in [5.41, 5.74) is 0. The van der Waals surface area contributed by atoms with Gasteiger partial charge in [0.2, 0.25) is 11.8 Å². The van der Waals surface area contributed by atoms with Gasteiger partial charge in [-0.15, -0.1) is 0 Å². The van der Waals surface area contributed by atoms with Crippen LogP contribution in [0.25, 0.3) is 0 Å². The van der Waals surface area contributed by atoms with Crippen LogP contribution in [0.1, 0.15) is 110 Å². The maximum Gasteiger partial charge on any atom is 0.220 e. The highest BCUT2D eigenvalue weighted by Crippen LogP contribution is 2.09. The van der Waals surface area contributed by atoms with E-state index in [1.165, 1.54) is 83.5 Å². The van der Waals surface area contributed by atoms with E-state index in [4.69, 9.17) is 0 Å². The van der Waals surface area contributed by atoms with E-state index in [-0.39, 0.29) is 24.7 Å². The molecule has 0 aliphatic rings. The Labute approximate surface area is 168 Å². The summed E-state index contributed by atoms with van der Waals surface area (Å²) in [6, 6.07) is 0. The third-order valence-electron chi connectivity index (χ3n) is 4.87. The monoisotopic (exact) mass is 380 g/mol. The minimum Gasteiger partial charge on any atom is -0.359 e. The Balaban J connectivity index is 3.21. The van der Waals surface area contributed by atoms with Crippen LogP contribution in [0.2, 0.25) is 0 Å². The normalized spacial score (nSPS) is 11.0. The molecule has 0 saturated carbocycles. The molecular weight excluding hydrogens is 336 g/mol. The van der Waals surface area contributed by atoms with Crippen molar-refractivity contribution in [2.45, 2.75) is 110 Å². The molecule has 0 aromatic carbocycles. The standard InChI is InChI=1S/C23H44N2O2/c1-3-4-5-6-7-8-9-10-11-12-13-14-15-16-17-18-21-25-23(27)20-19-22(26)24-2/h10-11H,3-9,12-21H2,1-2H3,(H,24,26)(H,25,27)/b11-10-. The van der Waals surface area contributed by atoms with Crippen molar-refractivity contribution in [1.29, 1.82) is 0 Å². The maximum absolute atomic E-state index is 11.5. The van der Waals surface area contributed by atoms with E-state index in [0.717, 1.165) is 13.0 Å². The molecule has 27 heavy (non-hydrogen) atoms. The number of amides is 2. The highest BCUT2D eigenvalue weighted by Gasteiger charge is 2.04. The average molecular weight is 381 g/mol. The number of allylic oxidation sites excluding steroid dienone is 2. The SMILES string of the molecule is CCCCCCCC/C=C\CCCCCCCCNC(=O)CCC(=O)NC. The highest BCUT2D eigenvalue weighted by atomic mass is 16.2. The van der Waals surface area contributed by atoms with E-state index in [1.807, 2.05) is 0 Å². The van der Waals surface area contributed by atoms with E-state index in [2.05, 4.69) is 29.7 Å². The fraction of sp³-hybridized carbons (Fsp3) is 0.826. The van der Waals surface area contributed by atoms with Gasteiger partial charge in [0.15, 0.2) is 0 Å². The quantitative estimate of drug-likeness (QED) is 0.224. The fourth-order valence-electron chi connectivity index (χ4n) is 3.04. The molecule has 0 rings (SSSR count). The lowest BCUT2D eigenvalue weighted by Gasteiger charge is -2.05. The topological polar surface area (TPSA) is 58.2 Å². The number of carbonyl (C=O) groups excluding carboxylic acids is 2. The highest BCUT2D eigenvalue weighted by molar-refractivity contribution is 5.83. The number of hydrogen-bond donors (Lipinski definition) is 2. The maximum atomic E-state index is 11.5. The lowest BCUT2D eigenvalue weighted by atomic mass is 10.1. The molecule has 0 aromatic heterocycles. The molecule has 4 heteroatoms. The minimum absolute atomic E-state index is 0.0219. The second-order valence-corrected chi connectivity index (χ2v) is 7.46. The molecule has 0 bridgehead atoms. The van der Waals surface area contributed by atoms with Gasteiger partial charge in [0.1, 0.15) is 0 Å². The summed E-state index contributed by atoms with van der Waals surface area (Å²) >= 11 is 0. The predicted octanol–water partition coefficient (Wildman–Crippen LogP) is 5.67. The van der Waals surface area contributed by atoms with Crippen LogP contribution in [0, 0.1) is 0 Å². The minimum atomic E-state index is -0.0811. The van der Waals surface area contributed by atoms with Crippen LogP contribution in [-0.4, -0.2) is 25.4 Å². The van der Waals surface area contributed by atoms with Gasteiger partial charge >= 0.3 is 0 Å². The molecule has 2 amide bonds. The molecule has 0 spiro atoms. The van der Waals surface area contributed by atoms with E-state index in [0.29, 0.717) is 0 Å². The first-order chi connectivity index (χ1) is 13.2. The lowest BCUT2D eigenvalue weighted by Crippen LogP contribution is -2.26. The molecular formula is C23H44N2O2. The third kappa shape index (κ3) is 20.8. The Morgan fingerprint density at radius 2 is 1.15 bits per heavy atom. The molecule has 0 fully saturated rings. The molecule has 0 radical (unpaired) electrons. The number of carbonyl (C=O) groups is 2. The molecule has 2 N–H and O–H groups in total. The lowest BCUT2D eigenvalue weighted by molar-refractivity contribution is -0.126. The van der Waals surface area contributed by atoms with Crippen LogP contribution in [0.15, 0.2) is 12.2 Å². The Morgan fingerprint density at radius 1 is 0.667 bits per heavy atom. The van der Waals surface area contributed by atoms with Crippen LogP contribution >= 0.6 is 0 Å². The van der Waals surface area contributed by atoms with Crippen LogP contribution in [0.3, 0.4) is 0 Å². The van der Waals surface area contributed by atoms with E-state index in [1.54, 1.807) is 7.05 Å². The van der Waals surface area contributed by atoms with Gasteiger partial charge in [-0.3, -0.25) is 9.59 Å². The summed E-state index contributed by atoms with van der Waals surface area (Å²) < 4.78 is 0. The van der Waals surface area contributed by atoms with Gasteiger partial charge in [-0.25, -0.2) is 0 Å².